The lowest BCUT2D eigenvalue weighted by Crippen LogP contribution is -2.03. The minimum atomic E-state index is 0.709. The average molecular weight is 556 g/mol. The van der Waals surface area contributed by atoms with E-state index in [1.165, 1.54) is 32.3 Å². The number of para-hydroxylation sites is 2. The first-order chi connectivity index (χ1) is 20.7. The van der Waals surface area contributed by atoms with Gasteiger partial charge < -0.3 is 0 Å². The molecule has 42 heavy (non-hydrogen) atoms. The number of nitrogens with zero attached hydrogens (tertiary/aromatic N) is 3. The van der Waals surface area contributed by atoms with Gasteiger partial charge >= 0.3 is 0 Å². The van der Waals surface area contributed by atoms with Crippen molar-refractivity contribution in [2.75, 3.05) is 0 Å². The Kier molecular flexibility index (Phi) is 4.96. The highest BCUT2D eigenvalue weighted by Crippen LogP contribution is 2.40. The first-order valence-electron chi connectivity index (χ1n) is 14.0. The topological polar surface area (TPSA) is 30.7 Å². The molecule has 196 valence electrons. The maximum Gasteiger partial charge on any atom is 0.165 e. The Bertz CT molecular complexity index is 2540. The number of aromatic nitrogens is 3. The van der Waals surface area contributed by atoms with Crippen LogP contribution in [0.3, 0.4) is 0 Å². The third kappa shape index (κ3) is 3.41. The number of fused-ring (bicyclic) bond motifs is 9. The number of hydrogen-bond donors (Lipinski definition) is 0. The van der Waals surface area contributed by atoms with E-state index in [0.29, 0.717) is 5.02 Å². The van der Waals surface area contributed by atoms with Crippen LogP contribution in [0.15, 0.2) is 133 Å². The van der Waals surface area contributed by atoms with Crippen molar-refractivity contribution in [3.8, 4) is 17.1 Å². The molecule has 0 fully saturated rings. The van der Waals surface area contributed by atoms with Gasteiger partial charge in [-0.05, 0) is 74.8 Å². The van der Waals surface area contributed by atoms with Crippen molar-refractivity contribution in [2.45, 2.75) is 0 Å². The molecule has 0 unspecified atom stereocenters. The fourth-order valence-corrected chi connectivity index (χ4v) is 6.66. The van der Waals surface area contributed by atoms with Gasteiger partial charge in [0.25, 0.3) is 0 Å². The molecule has 0 aliphatic heterocycles. The van der Waals surface area contributed by atoms with E-state index in [9.17, 15) is 0 Å². The maximum absolute atomic E-state index is 6.59. The molecule has 0 saturated carbocycles. The molecule has 9 rings (SSSR count). The second-order valence-electron chi connectivity index (χ2n) is 10.8. The van der Waals surface area contributed by atoms with Crippen LogP contribution in [0.4, 0.5) is 0 Å². The Morgan fingerprint density at radius 1 is 0.476 bits per heavy atom. The third-order valence-electron chi connectivity index (χ3n) is 8.40. The minimum Gasteiger partial charge on any atom is -0.292 e. The van der Waals surface area contributed by atoms with Crippen LogP contribution in [0.25, 0.3) is 82.2 Å². The van der Waals surface area contributed by atoms with E-state index < -0.39 is 0 Å². The molecule has 0 amide bonds. The summed E-state index contributed by atoms with van der Waals surface area (Å²) in [4.78, 5) is 10.5. The Hall–Kier alpha value is -5.25. The Morgan fingerprint density at radius 3 is 1.98 bits per heavy atom. The van der Waals surface area contributed by atoms with Gasteiger partial charge in [0.05, 0.1) is 22.1 Å². The summed E-state index contributed by atoms with van der Waals surface area (Å²) >= 11 is 6.59. The molecule has 2 heterocycles. The van der Waals surface area contributed by atoms with Crippen LogP contribution < -0.4 is 0 Å². The van der Waals surface area contributed by atoms with E-state index in [4.69, 9.17) is 21.6 Å². The van der Waals surface area contributed by atoms with Crippen molar-refractivity contribution >= 4 is 76.8 Å². The molecule has 3 nitrogen and oxygen atoms in total. The number of halogens is 1. The second-order valence-corrected chi connectivity index (χ2v) is 11.2. The predicted octanol–water partition coefficient (Wildman–Crippen LogP) is 10.5. The highest BCUT2D eigenvalue weighted by atomic mass is 35.5. The van der Waals surface area contributed by atoms with E-state index >= 15 is 0 Å². The molecule has 0 spiro atoms. The molecule has 0 saturated heterocycles. The molecule has 7 aromatic carbocycles. The quantitative estimate of drug-likeness (QED) is 0.199. The molecule has 0 bridgehead atoms. The minimum absolute atomic E-state index is 0.709. The maximum atomic E-state index is 6.59. The van der Waals surface area contributed by atoms with Crippen molar-refractivity contribution in [3.05, 3.63) is 138 Å². The molecule has 0 aliphatic rings. The summed E-state index contributed by atoms with van der Waals surface area (Å²) in [6.07, 6.45) is 0. The summed E-state index contributed by atoms with van der Waals surface area (Å²) in [5.41, 5.74) is 5.70. The molecular weight excluding hydrogens is 534 g/mol. The summed E-state index contributed by atoms with van der Waals surface area (Å²) < 4.78 is 2.26. The van der Waals surface area contributed by atoms with Gasteiger partial charge in [-0.15, -0.1) is 0 Å². The lowest BCUT2D eigenvalue weighted by atomic mass is 9.99. The van der Waals surface area contributed by atoms with Crippen molar-refractivity contribution in [3.63, 3.8) is 0 Å². The molecular formula is C38H22ClN3. The average Bonchev–Trinajstić information content (AvgIpc) is 3.37. The largest absolute Gasteiger partial charge is 0.292 e. The van der Waals surface area contributed by atoms with E-state index in [0.717, 1.165) is 49.9 Å². The summed E-state index contributed by atoms with van der Waals surface area (Å²) in [5.74, 6) is 0.798. The van der Waals surface area contributed by atoms with Crippen molar-refractivity contribution < 1.29 is 0 Å². The molecule has 0 atom stereocenters. The van der Waals surface area contributed by atoms with E-state index in [1.807, 2.05) is 30.3 Å². The summed E-state index contributed by atoms with van der Waals surface area (Å²) in [5, 5.41) is 10.2. The zero-order valence-electron chi connectivity index (χ0n) is 22.4. The van der Waals surface area contributed by atoms with Crippen molar-refractivity contribution in [1.82, 2.24) is 14.5 Å². The van der Waals surface area contributed by atoms with Crippen LogP contribution >= 0.6 is 11.6 Å². The molecule has 4 heteroatoms. The van der Waals surface area contributed by atoms with Gasteiger partial charge in [-0.1, -0.05) is 103 Å². The van der Waals surface area contributed by atoms with Gasteiger partial charge in [0.15, 0.2) is 5.82 Å². The van der Waals surface area contributed by atoms with Crippen molar-refractivity contribution in [1.29, 1.82) is 0 Å². The normalized spacial score (nSPS) is 11.9. The number of rotatable bonds is 2. The van der Waals surface area contributed by atoms with Gasteiger partial charge in [-0.3, -0.25) is 4.57 Å². The lowest BCUT2D eigenvalue weighted by Gasteiger charge is -2.14. The van der Waals surface area contributed by atoms with Gasteiger partial charge in [-0.2, -0.15) is 0 Å². The Balaban J connectivity index is 1.41. The highest BCUT2D eigenvalue weighted by molar-refractivity contribution is 6.32. The monoisotopic (exact) mass is 555 g/mol. The van der Waals surface area contributed by atoms with E-state index in [-0.39, 0.29) is 0 Å². The van der Waals surface area contributed by atoms with Crippen molar-refractivity contribution in [2.24, 2.45) is 0 Å². The molecule has 0 radical (unpaired) electrons. The predicted molar refractivity (Wildman–Crippen MR) is 177 cm³/mol. The fourth-order valence-electron chi connectivity index (χ4n) is 6.49. The number of benzene rings is 7. The van der Waals surface area contributed by atoms with Crippen LogP contribution in [0, 0.1) is 0 Å². The zero-order chi connectivity index (χ0) is 27.8. The van der Waals surface area contributed by atoms with Crippen LogP contribution in [0.2, 0.25) is 5.02 Å². The Morgan fingerprint density at radius 2 is 1.12 bits per heavy atom. The Labute approximate surface area is 246 Å². The van der Waals surface area contributed by atoms with Crippen LogP contribution in [0.5, 0.6) is 0 Å². The fraction of sp³-hybridized carbons (Fsp3) is 0. The van der Waals surface area contributed by atoms with E-state index in [2.05, 4.69) is 108 Å². The highest BCUT2D eigenvalue weighted by Gasteiger charge is 2.21. The summed E-state index contributed by atoms with van der Waals surface area (Å²) in [6.45, 7) is 0. The van der Waals surface area contributed by atoms with Gasteiger partial charge in [-0.25, -0.2) is 9.97 Å². The standard InChI is InChI=1S/C38H22ClN3/c39-27-17-20-34-31(22-27)36-30-10-4-2-8-24(30)16-19-35(36)42(34)38-37(40-32-11-5-6-12-33(32)41-38)26-15-18-29-25(21-26)14-13-23-7-1-3-9-28(23)29/h1-22H. The van der Waals surface area contributed by atoms with Gasteiger partial charge in [0.2, 0.25) is 0 Å². The first-order valence-corrected chi connectivity index (χ1v) is 14.4. The smallest absolute Gasteiger partial charge is 0.165 e. The summed E-state index contributed by atoms with van der Waals surface area (Å²) in [6, 6.07) is 46.7. The van der Waals surface area contributed by atoms with Crippen LogP contribution in [-0.4, -0.2) is 14.5 Å². The summed E-state index contributed by atoms with van der Waals surface area (Å²) in [7, 11) is 0. The molecule has 2 aromatic heterocycles. The SMILES string of the molecule is Clc1ccc2c(c1)c1c3ccccc3ccc1n2-c1nc2ccccc2nc1-c1ccc2c(ccc3ccccc32)c1. The molecule has 0 N–H and O–H groups in total. The first kappa shape index (κ1) is 23.5. The molecule has 9 aromatic rings. The van der Waals surface area contributed by atoms with Gasteiger partial charge in [0, 0.05) is 21.4 Å². The van der Waals surface area contributed by atoms with E-state index in [1.54, 1.807) is 0 Å². The van der Waals surface area contributed by atoms with Crippen LogP contribution in [0.1, 0.15) is 0 Å². The zero-order valence-corrected chi connectivity index (χ0v) is 23.2. The second kappa shape index (κ2) is 8.87. The molecule has 0 aliphatic carbocycles. The third-order valence-corrected chi connectivity index (χ3v) is 8.63. The lowest BCUT2D eigenvalue weighted by molar-refractivity contribution is 1.08. The van der Waals surface area contributed by atoms with Crippen LogP contribution in [-0.2, 0) is 0 Å². The number of hydrogen-bond acceptors (Lipinski definition) is 2. The van der Waals surface area contributed by atoms with Gasteiger partial charge in [0.1, 0.15) is 5.69 Å².